The van der Waals surface area contributed by atoms with Crippen LogP contribution in [0.4, 0.5) is 0 Å². The maximum atomic E-state index is 12.8. The average molecular weight is 456 g/mol. The molecule has 0 bridgehead atoms. The first-order valence-corrected chi connectivity index (χ1v) is 12.3. The Balaban J connectivity index is 2.54. The molecule has 0 saturated heterocycles. The minimum atomic E-state index is -0.354. The van der Waals surface area contributed by atoms with Crippen molar-refractivity contribution in [2.45, 2.75) is 71.1 Å². The van der Waals surface area contributed by atoms with Crippen LogP contribution in [0.3, 0.4) is 0 Å². The highest BCUT2D eigenvalue weighted by atomic mass is 16.5. The topological polar surface area (TPSA) is 106 Å². The van der Waals surface area contributed by atoms with Gasteiger partial charge in [-0.25, -0.2) is 0 Å². The second kappa shape index (κ2) is 17.8. The van der Waals surface area contributed by atoms with Crippen LogP contribution in [0, 0.1) is 17.8 Å². The molecule has 0 heterocycles. The molecule has 2 atom stereocenters. The third-order valence-corrected chi connectivity index (χ3v) is 6.11. The van der Waals surface area contributed by atoms with Crippen molar-refractivity contribution in [3.8, 4) is 0 Å². The highest BCUT2D eigenvalue weighted by Crippen LogP contribution is 2.34. The van der Waals surface area contributed by atoms with Crippen LogP contribution in [0.15, 0.2) is 0 Å². The zero-order valence-electron chi connectivity index (χ0n) is 20.4. The Morgan fingerprint density at radius 1 is 0.625 bits per heavy atom. The lowest BCUT2D eigenvalue weighted by Crippen LogP contribution is -2.45. The second-order valence-electron chi connectivity index (χ2n) is 8.78. The fourth-order valence-corrected chi connectivity index (χ4v) is 4.24. The van der Waals surface area contributed by atoms with Crippen molar-refractivity contribution in [3.05, 3.63) is 0 Å². The van der Waals surface area contributed by atoms with E-state index in [1.165, 1.54) is 32.1 Å². The van der Waals surface area contributed by atoms with Crippen LogP contribution in [0.1, 0.15) is 71.1 Å². The molecule has 1 saturated carbocycles. The van der Waals surface area contributed by atoms with Gasteiger partial charge in [0.15, 0.2) is 0 Å². The first-order valence-electron chi connectivity index (χ1n) is 12.3. The molecule has 8 nitrogen and oxygen atoms in total. The summed E-state index contributed by atoms with van der Waals surface area (Å²) >= 11 is 0. The number of unbranched alkanes of at least 4 members (excludes halogenated alkanes) is 6. The number of carbonyl (C=O) groups excluding carboxylic acids is 3. The van der Waals surface area contributed by atoms with Crippen molar-refractivity contribution in [1.82, 2.24) is 16.0 Å². The number of nitrogens with one attached hydrogen (secondary N) is 3. The lowest BCUT2D eigenvalue weighted by Gasteiger charge is -2.33. The van der Waals surface area contributed by atoms with Gasteiger partial charge in [-0.15, -0.1) is 0 Å². The normalized spacial score (nSPS) is 20.5. The predicted octanol–water partition coefficient (Wildman–Crippen LogP) is 2.41. The zero-order chi connectivity index (χ0) is 23.6. The van der Waals surface area contributed by atoms with Gasteiger partial charge in [-0.3, -0.25) is 14.4 Å². The summed E-state index contributed by atoms with van der Waals surface area (Å²) in [6.45, 7) is 4.57. The molecule has 1 aliphatic rings. The summed E-state index contributed by atoms with van der Waals surface area (Å²) in [7, 11) is 3.16. The van der Waals surface area contributed by atoms with E-state index in [0.29, 0.717) is 52.1 Å². The van der Waals surface area contributed by atoms with Crippen LogP contribution in [-0.4, -0.2) is 64.8 Å². The SMILES string of the molecule is CCCCCCCCCNC(=O)C1CC(C(=O)NCCOC)CC(C(=O)NCCOC)C1. The molecule has 1 aliphatic carbocycles. The molecule has 8 heteroatoms. The van der Waals surface area contributed by atoms with Crippen molar-refractivity contribution < 1.29 is 23.9 Å². The Morgan fingerprint density at radius 3 is 1.41 bits per heavy atom. The highest BCUT2D eigenvalue weighted by Gasteiger charge is 2.38. The maximum absolute atomic E-state index is 12.8. The number of hydrogen-bond donors (Lipinski definition) is 3. The molecule has 2 unspecified atom stereocenters. The Bertz CT molecular complexity index is 514. The van der Waals surface area contributed by atoms with E-state index in [2.05, 4.69) is 22.9 Å². The van der Waals surface area contributed by atoms with Gasteiger partial charge in [0, 0.05) is 51.6 Å². The lowest BCUT2D eigenvalue weighted by molar-refractivity contribution is -0.135. The van der Waals surface area contributed by atoms with Crippen molar-refractivity contribution in [1.29, 1.82) is 0 Å². The monoisotopic (exact) mass is 455 g/mol. The van der Waals surface area contributed by atoms with E-state index in [-0.39, 0.29) is 35.5 Å². The molecule has 0 aromatic rings. The lowest BCUT2D eigenvalue weighted by atomic mass is 9.74. The fraction of sp³-hybridized carbons (Fsp3) is 0.875. The molecule has 0 spiro atoms. The molecule has 0 aromatic heterocycles. The van der Waals surface area contributed by atoms with Gasteiger partial charge in [-0.2, -0.15) is 0 Å². The van der Waals surface area contributed by atoms with Gasteiger partial charge in [-0.1, -0.05) is 45.4 Å². The Labute approximate surface area is 193 Å². The standard InChI is InChI=1S/C24H45N3O5/c1-4-5-6-7-8-9-10-11-25-22(28)19-16-20(23(29)26-12-14-31-2)18-21(17-19)24(30)27-13-15-32-3/h19-21H,4-18H2,1-3H3,(H,25,28)(H,26,29)(H,27,30). The predicted molar refractivity (Wildman–Crippen MR) is 125 cm³/mol. The van der Waals surface area contributed by atoms with E-state index in [0.717, 1.165) is 12.8 Å². The van der Waals surface area contributed by atoms with Gasteiger partial charge >= 0.3 is 0 Å². The van der Waals surface area contributed by atoms with Crippen LogP contribution >= 0.6 is 0 Å². The van der Waals surface area contributed by atoms with E-state index in [4.69, 9.17) is 9.47 Å². The van der Waals surface area contributed by atoms with Gasteiger partial charge in [0.1, 0.15) is 0 Å². The number of amides is 3. The Morgan fingerprint density at radius 2 is 1.00 bits per heavy atom. The van der Waals surface area contributed by atoms with E-state index < -0.39 is 0 Å². The first kappa shape index (κ1) is 28.4. The minimum absolute atomic E-state index is 0.0416. The van der Waals surface area contributed by atoms with Crippen LogP contribution in [0.5, 0.6) is 0 Å². The van der Waals surface area contributed by atoms with Crippen molar-refractivity contribution >= 4 is 17.7 Å². The maximum Gasteiger partial charge on any atom is 0.223 e. The molecular weight excluding hydrogens is 410 g/mol. The van der Waals surface area contributed by atoms with Gasteiger partial charge in [0.05, 0.1) is 13.2 Å². The zero-order valence-corrected chi connectivity index (χ0v) is 20.4. The Hall–Kier alpha value is -1.67. The molecule has 0 aliphatic heterocycles. The van der Waals surface area contributed by atoms with Gasteiger partial charge in [0.2, 0.25) is 17.7 Å². The molecule has 3 amide bonds. The van der Waals surface area contributed by atoms with Crippen LogP contribution < -0.4 is 16.0 Å². The number of carbonyl (C=O) groups is 3. The molecule has 0 radical (unpaired) electrons. The second-order valence-corrected chi connectivity index (χ2v) is 8.78. The summed E-state index contributed by atoms with van der Waals surface area (Å²) in [6, 6.07) is 0. The van der Waals surface area contributed by atoms with Gasteiger partial charge < -0.3 is 25.4 Å². The minimum Gasteiger partial charge on any atom is -0.383 e. The quantitative estimate of drug-likeness (QED) is 0.292. The molecule has 0 aromatic carbocycles. The third kappa shape index (κ3) is 11.8. The highest BCUT2D eigenvalue weighted by molar-refractivity contribution is 5.85. The summed E-state index contributed by atoms with van der Waals surface area (Å²) in [5.41, 5.74) is 0. The van der Waals surface area contributed by atoms with Gasteiger partial charge in [0.25, 0.3) is 0 Å². The molecule has 1 rings (SSSR count). The largest absolute Gasteiger partial charge is 0.383 e. The summed E-state index contributed by atoms with van der Waals surface area (Å²) in [5, 5.41) is 8.75. The summed E-state index contributed by atoms with van der Waals surface area (Å²) < 4.78 is 9.98. The first-order chi connectivity index (χ1) is 15.5. The smallest absolute Gasteiger partial charge is 0.223 e. The number of ether oxygens (including phenoxy) is 2. The van der Waals surface area contributed by atoms with E-state index in [1.807, 2.05) is 0 Å². The Kier molecular flexibility index (Phi) is 15.8. The number of methoxy groups -OCH3 is 2. The fourth-order valence-electron chi connectivity index (χ4n) is 4.24. The van der Waals surface area contributed by atoms with Crippen LogP contribution in [0.25, 0.3) is 0 Å². The molecular formula is C24H45N3O5. The average Bonchev–Trinajstić information content (AvgIpc) is 2.80. The molecule has 186 valence electrons. The van der Waals surface area contributed by atoms with Crippen molar-refractivity contribution in [2.24, 2.45) is 17.8 Å². The van der Waals surface area contributed by atoms with E-state index >= 15 is 0 Å². The number of rotatable bonds is 17. The van der Waals surface area contributed by atoms with Gasteiger partial charge in [-0.05, 0) is 25.7 Å². The molecule has 1 fully saturated rings. The summed E-state index contributed by atoms with van der Waals surface area (Å²) in [6.07, 6.45) is 9.76. The van der Waals surface area contributed by atoms with E-state index in [1.54, 1.807) is 14.2 Å². The number of hydrogen-bond acceptors (Lipinski definition) is 5. The van der Waals surface area contributed by atoms with Crippen molar-refractivity contribution in [2.75, 3.05) is 47.1 Å². The van der Waals surface area contributed by atoms with Crippen LogP contribution in [-0.2, 0) is 23.9 Å². The molecule has 3 N–H and O–H groups in total. The van der Waals surface area contributed by atoms with E-state index in [9.17, 15) is 14.4 Å². The molecule has 32 heavy (non-hydrogen) atoms. The third-order valence-electron chi connectivity index (χ3n) is 6.11. The van der Waals surface area contributed by atoms with Crippen LogP contribution in [0.2, 0.25) is 0 Å². The summed E-state index contributed by atoms with van der Waals surface area (Å²) in [4.78, 5) is 38.1. The summed E-state index contributed by atoms with van der Waals surface area (Å²) in [5.74, 6) is -1.30. The van der Waals surface area contributed by atoms with Crippen molar-refractivity contribution in [3.63, 3.8) is 0 Å².